The van der Waals surface area contributed by atoms with Crippen LogP contribution in [0.5, 0.6) is 5.88 Å². The van der Waals surface area contributed by atoms with Gasteiger partial charge in [0.05, 0.1) is 6.61 Å². The van der Waals surface area contributed by atoms with Crippen LogP contribution in [0.3, 0.4) is 0 Å². The van der Waals surface area contributed by atoms with Crippen LogP contribution in [0.4, 0.5) is 0 Å². The van der Waals surface area contributed by atoms with Gasteiger partial charge in [0.1, 0.15) is 6.61 Å². The molecule has 0 saturated carbocycles. The van der Waals surface area contributed by atoms with Gasteiger partial charge in [0.25, 0.3) is 0 Å². The van der Waals surface area contributed by atoms with Crippen molar-refractivity contribution in [2.45, 2.75) is 13.8 Å². The highest BCUT2D eigenvalue weighted by molar-refractivity contribution is 5.27. The molecule has 3 heteroatoms. The molecule has 0 amide bonds. The molecule has 0 aliphatic rings. The van der Waals surface area contributed by atoms with Crippen molar-refractivity contribution in [1.29, 1.82) is 0 Å². The van der Waals surface area contributed by atoms with E-state index in [2.05, 4.69) is 11.1 Å². The predicted octanol–water partition coefficient (Wildman–Crippen LogP) is 1.72. The van der Waals surface area contributed by atoms with Gasteiger partial charge in [0, 0.05) is 18.9 Å². The number of aryl methyl sites for hydroxylation is 2. The fourth-order valence-corrected chi connectivity index (χ4v) is 1.08. The zero-order valence-corrected chi connectivity index (χ0v) is 8.33. The van der Waals surface area contributed by atoms with Gasteiger partial charge in [-0.05, 0) is 25.5 Å². The van der Waals surface area contributed by atoms with E-state index in [-0.39, 0.29) is 0 Å². The smallest absolute Gasteiger partial charge is 0.216 e. The summed E-state index contributed by atoms with van der Waals surface area (Å²) >= 11 is 0. The van der Waals surface area contributed by atoms with Crippen LogP contribution in [0.1, 0.15) is 11.1 Å². The minimum atomic E-state index is 0.549. The van der Waals surface area contributed by atoms with Crippen LogP contribution in [0.15, 0.2) is 12.3 Å². The van der Waals surface area contributed by atoms with Gasteiger partial charge in [-0.25, -0.2) is 4.98 Å². The van der Waals surface area contributed by atoms with E-state index in [1.54, 1.807) is 13.3 Å². The SMILES string of the molecule is COCCOc1ncc(C)cc1C. The van der Waals surface area contributed by atoms with Crippen molar-refractivity contribution < 1.29 is 9.47 Å². The number of methoxy groups -OCH3 is 1. The normalized spacial score (nSPS) is 10.1. The molecule has 13 heavy (non-hydrogen) atoms. The Bertz CT molecular complexity index is 274. The Labute approximate surface area is 78.7 Å². The number of aromatic nitrogens is 1. The second kappa shape index (κ2) is 4.82. The minimum Gasteiger partial charge on any atom is -0.475 e. The zero-order valence-electron chi connectivity index (χ0n) is 8.33. The molecule has 0 saturated heterocycles. The Morgan fingerprint density at radius 1 is 1.31 bits per heavy atom. The highest BCUT2D eigenvalue weighted by Crippen LogP contribution is 2.14. The van der Waals surface area contributed by atoms with Crippen molar-refractivity contribution in [2.24, 2.45) is 0 Å². The lowest BCUT2D eigenvalue weighted by molar-refractivity contribution is 0.143. The van der Waals surface area contributed by atoms with Crippen molar-refractivity contribution in [2.75, 3.05) is 20.3 Å². The van der Waals surface area contributed by atoms with Gasteiger partial charge < -0.3 is 9.47 Å². The molecule has 1 aromatic rings. The quantitative estimate of drug-likeness (QED) is 0.663. The summed E-state index contributed by atoms with van der Waals surface area (Å²) in [6, 6.07) is 2.05. The molecular weight excluding hydrogens is 166 g/mol. The number of pyridine rings is 1. The molecule has 0 aliphatic heterocycles. The van der Waals surface area contributed by atoms with Crippen LogP contribution < -0.4 is 4.74 Å². The van der Waals surface area contributed by atoms with Crippen molar-refractivity contribution >= 4 is 0 Å². The third-order valence-corrected chi connectivity index (χ3v) is 1.69. The van der Waals surface area contributed by atoms with Crippen LogP contribution >= 0.6 is 0 Å². The van der Waals surface area contributed by atoms with Gasteiger partial charge in [-0.15, -0.1) is 0 Å². The first-order chi connectivity index (χ1) is 6.24. The van der Waals surface area contributed by atoms with E-state index in [4.69, 9.17) is 9.47 Å². The lowest BCUT2D eigenvalue weighted by Gasteiger charge is -2.07. The summed E-state index contributed by atoms with van der Waals surface area (Å²) in [5, 5.41) is 0. The molecule has 0 fully saturated rings. The maximum atomic E-state index is 5.40. The summed E-state index contributed by atoms with van der Waals surface area (Å²) < 4.78 is 10.3. The zero-order chi connectivity index (χ0) is 9.68. The molecule has 0 spiro atoms. The molecule has 0 unspecified atom stereocenters. The standard InChI is InChI=1S/C10H15NO2/c1-8-6-9(2)10(11-7-8)13-5-4-12-3/h6-7H,4-5H2,1-3H3. The molecular formula is C10H15NO2. The van der Waals surface area contributed by atoms with Crippen molar-refractivity contribution in [3.8, 4) is 5.88 Å². The van der Waals surface area contributed by atoms with E-state index in [1.165, 1.54) is 0 Å². The fourth-order valence-electron chi connectivity index (χ4n) is 1.08. The van der Waals surface area contributed by atoms with E-state index >= 15 is 0 Å². The molecule has 0 atom stereocenters. The van der Waals surface area contributed by atoms with Crippen molar-refractivity contribution in [3.05, 3.63) is 23.4 Å². The average Bonchev–Trinajstić information content (AvgIpc) is 2.09. The van der Waals surface area contributed by atoms with Crippen LogP contribution in [0.2, 0.25) is 0 Å². The maximum absolute atomic E-state index is 5.40. The third-order valence-electron chi connectivity index (χ3n) is 1.69. The van der Waals surface area contributed by atoms with Crippen LogP contribution in [-0.4, -0.2) is 25.3 Å². The molecule has 0 aromatic carbocycles. The average molecular weight is 181 g/mol. The summed E-state index contributed by atoms with van der Waals surface area (Å²) in [5.74, 6) is 0.697. The number of ether oxygens (including phenoxy) is 2. The third kappa shape index (κ3) is 3.03. The molecule has 1 heterocycles. The molecule has 0 radical (unpaired) electrons. The van der Waals surface area contributed by atoms with Gasteiger partial charge in [0.2, 0.25) is 5.88 Å². The summed E-state index contributed by atoms with van der Waals surface area (Å²) in [6.07, 6.45) is 1.80. The molecule has 3 nitrogen and oxygen atoms in total. The Kier molecular flexibility index (Phi) is 3.71. The highest BCUT2D eigenvalue weighted by Gasteiger charge is 1.99. The Morgan fingerprint density at radius 2 is 2.08 bits per heavy atom. The second-order valence-electron chi connectivity index (χ2n) is 2.98. The first-order valence-corrected chi connectivity index (χ1v) is 4.29. The fraction of sp³-hybridized carbons (Fsp3) is 0.500. The van der Waals surface area contributed by atoms with Crippen molar-refractivity contribution in [3.63, 3.8) is 0 Å². The van der Waals surface area contributed by atoms with Gasteiger partial charge in [-0.3, -0.25) is 0 Å². The van der Waals surface area contributed by atoms with Crippen molar-refractivity contribution in [1.82, 2.24) is 4.98 Å². The molecule has 0 bridgehead atoms. The largest absolute Gasteiger partial charge is 0.475 e. The van der Waals surface area contributed by atoms with Crippen LogP contribution in [0, 0.1) is 13.8 Å². The second-order valence-corrected chi connectivity index (χ2v) is 2.98. The van der Waals surface area contributed by atoms with E-state index < -0.39 is 0 Å². The van der Waals surface area contributed by atoms with E-state index in [0.29, 0.717) is 19.1 Å². The van der Waals surface area contributed by atoms with E-state index in [9.17, 15) is 0 Å². The Balaban J connectivity index is 2.56. The lowest BCUT2D eigenvalue weighted by atomic mass is 10.2. The first-order valence-electron chi connectivity index (χ1n) is 4.29. The minimum absolute atomic E-state index is 0.549. The summed E-state index contributed by atoms with van der Waals surface area (Å²) in [5.41, 5.74) is 2.22. The Hall–Kier alpha value is -1.09. The lowest BCUT2D eigenvalue weighted by Crippen LogP contribution is -2.06. The Morgan fingerprint density at radius 3 is 2.69 bits per heavy atom. The number of hydrogen-bond donors (Lipinski definition) is 0. The van der Waals surface area contributed by atoms with Gasteiger partial charge in [-0.2, -0.15) is 0 Å². The summed E-state index contributed by atoms with van der Waals surface area (Å²) in [4.78, 5) is 4.17. The maximum Gasteiger partial charge on any atom is 0.216 e. The molecule has 1 rings (SSSR count). The van der Waals surface area contributed by atoms with Gasteiger partial charge >= 0.3 is 0 Å². The number of rotatable bonds is 4. The molecule has 1 aromatic heterocycles. The predicted molar refractivity (Wildman–Crippen MR) is 51.1 cm³/mol. The van der Waals surface area contributed by atoms with Crippen LogP contribution in [-0.2, 0) is 4.74 Å². The van der Waals surface area contributed by atoms with Crippen LogP contribution in [0.25, 0.3) is 0 Å². The van der Waals surface area contributed by atoms with E-state index in [1.807, 2.05) is 13.8 Å². The topological polar surface area (TPSA) is 31.4 Å². The molecule has 0 N–H and O–H groups in total. The molecule has 0 aliphatic carbocycles. The summed E-state index contributed by atoms with van der Waals surface area (Å²) in [6.45, 7) is 5.14. The highest BCUT2D eigenvalue weighted by atomic mass is 16.5. The van der Waals surface area contributed by atoms with Gasteiger partial charge in [-0.1, -0.05) is 0 Å². The van der Waals surface area contributed by atoms with Gasteiger partial charge in [0.15, 0.2) is 0 Å². The first kappa shape index (κ1) is 9.99. The monoisotopic (exact) mass is 181 g/mol. The number of hydrogen-bond acceptors (Lipinski definition) is 3. The number of nitrogens with zero attached hydrogens (tertiary/aromatic N) is 1. The molecule has 72 valence electrons. The summed E-state index contributed by atoms with van der Waals surface area (Å²) in [7, 11) is 1.65. The van der Waals surface area contributed by atoms with E-state index in [0.717, 1.165) is 11.1 Å².